The number of carbonyl (C=O) groups excluding carboxylic acids is 2. The summed E-state index contributed by atoms with van der Waals surface area (Å²) in [7, 11) is 1.59. The number of hydrogen-bond donors (Lipinski definition) is 0. The summed E-state index contributed by atoms with van der Waals surface area (Å²) in [5.74, 6) is -0.367. The number of unbranched alkanes of at least 4 members (excludes halogenated alkanes) is 4. The molecule has 5 heteroatoms. The fraction of sp³-hybridized carbons (Fsp3) is 0.882. The number of likely N-dealkylation sites (N-methyl/N-ethyl adjacent to an activating group) is 1. The number of rotatable bonds is 11. The van der Waals surface area contributed by atoms with E-state index in [9.17, 15) is 9.59 Å². The number of hydrogen-bond acceptors (Lipinski definition) is 4. The predicted molar refractivity (Wildman–Crippen MR) is 87.7 cm³/mol. The largest absolute Gasteiger partial charge is 0.464 e. The fourth-order valence-corrected chi connectivity index (χ4v) is 2.25. The Bertz CT molecular complexity index is 318. The topological polar surface area (TPSA) is 55.8 Å². The Balaban J connectivity index is 4.30. The summed E-state index contributed by atoms with van der Waals surface area (Å²) >= 11 is 0. The van der Waals surface area contributed by atoms with Gasteiger partial charge < -0.3 is 9.47 Å². The van der Waals surface area contributed by atoms with Crippen LogP contribution >= 0.6 is 0 Å². The maximum atomic E-state index is 12.2. The first kappa shape index (κ1) is 20.7. The van der Waals surface area contributed by atoms with Crippen LogP contribution in [0.15, 0.2) is 0 Å². The zero-order valence-corrected chi connectivity index (χ0v) is 14.9. The van der Waals surface area contributed by atoms with Crippen LogP contribution in [-0.2, 0) is 14.3 Å². The number of ether oxygens (including phenoxy) is 2. The molecule has 0 aliphatic carbocycles. The van der Waals surface area contributed by atoms with Crippen molar-refractivity contribution in [3.8, 4) is 0 Å². The van der Waals surface area contributed by atoms with Crippen LogP contribution in [-0.4, -0.2) is 43.3 Å². The first-order valence-corrected chi connectivity index (χ1v) is 8.51. The summed E-state index contributed by atoms with van der Waals surface area (Å²) in [4.78, 5) is 25.5. The highest BCUT2D eigenvalue weighted by atomic mass is 16.6. The van der Waals surface area contributed by atoms with E-state index in [1.807, 2.05) is 20.8 Å². The zero-order chi connectivity index (χ0) is 17.0. The lowest BCUT2D eigenvalue weighted by Crippen LogP contribution is -2.46. The molecule has 0 aromatic carbocycles. The number of amides is 1. The Morgan fingerprint density at radius 3 is 2.09 bits per heavy atom. The minimum atomic E-state index is -0.597. The highest BCUT2D eigenvalue weighted by Crippen LogP contribution is 2.13. The van der Waals surface area contributed by atoms with Crippen LogP contribution in [0, 0.1) is 5.92 Å². The summed E-state index contributed by atoms with van der Waals surface area (Å²) < 4.78 is 10.4. The van der Waals surface area contributed by atoms with E-state index in [-0.39, 0.29) is 11.9 Å². The molecule has 5 nitrogen and oxygen atoms in total. The Kier molecular flexibility index (Phi) is 11.6. The van der Waals surface area contributed by atoms with Crippen molar-refractivity contribution in [3.63, 3.8) is 0 Å². The van der Waals surface area contributed by atoms with Gasteiger partial charge >= 0.3 is 12.1 Å². The van der Waals surface area contributed by atoms with E-state index in [1.165, 1.54) is 24.2 Å². The van der Waals surface area contributed by atoms with Gasteiger partial charge in [-0.25, -0.2) is 9.59 Å². The molecule has 0 rings (SSSR count). The van der Waals surface area contributed by atoms with Gasteiger partial charge in [-0.15, -0.1) is 0 Å². The third kappa shape index (κ3) is 8.25. The maximum absolute atomic E-state index is 12.2. The maximum Gasteiger partial charge on any atom is 0.410 e. The fourth-order valence-electron chi connectivity index (χ4n) is 2.25. The van der Waals surface area contributed by atoms with Crippen molar-refractivity contribution in [2.45, 2.75) is 72.3 Å². The molecular formula is C17H33NO4. The molecule has 0 saturated heterocycles. The second kappa shape index (κ2) is 12.3. The smallest absolute Gasteiger partial charge is 0.410 e. The SMILES string of the molecule is CCCCCCCOC(=O)C(C(C)C)N(C)C(=O)OCCC. The van der Waals surface area contributed by atoms with Crippen molar-refractivity contribution in [2.75, 3.05) is 20.3 Å². The second-order valence-electron chi connectivity index (χ2n) is 6.00. The van der Waals surface area contributed by atoms with Crippen molar-refractivity contribution in [1.29, 1.82) is 0 Å². The molecule has 1 amide bonds. The first-order chi connectivity index (χ1) is 10.5. The molecule has 0 saturated carbocycles. The third-order valence-corrected chi connectivity index (χ3v) is 3.50. The molecule has 0 spiro atoms. The normalized spacial score (nSPS) is 12.1. The number of nitrogens with zero attached hydrogens (tertiary/aromatic N) is 1. The van der Waals surface area contributed by atoms with Crippen molar-refractivity contribution in [2.24, 2.45) is 5.92 Å². The summed E-state index contributed by atoms with van der Waals surface area (Å²) in [5.41, 5.74) is 0. The highest BCUT2D eigenvalue weighted by molar-refractivity contribution is 5.81. The van der Waals surface area contributed by atoms with Crippen LogP contribution in [0.3, 0.4) is 0 Å². The van der Waals surface area contributed by atoms with Gasteiger partial charge in [-0.1, -0.05) is 53.4 Å². The average Bonchev–Trinajstić information content (AvgIpc) is 2.47. The molecule has 0 aromatic rings. The molecule has 0 fully saturated rings. The van der Waals surface area contributed by atoms with Gasteiger partial charge in [-0.05, 0) is 18.8 Å². The van der Waals surface area contributed by atoms with Crippen molar-refractivity contribution in [1.82, 2.24) is 4.90 Å². The molecular weight excluding hydrogens is 282 g/mol. The Hall–Kier alpha value is -1.26. The minimum Gasteiger partial charge on any atom is -0.464 e. The summed E-state index contributed by atoms with van der Waals surface area (Å²) in [5, 5.41) is 0. The van der Waals surface area contributed by atoms with Crippen LogP contribution in [0.25, 0.3) is 0 Å². The molecule has 0 aromatic heterocycles. The predicted octanol–water partition coefficient (Wildman–Crippen LogP) is 4.00. The van der Waals surface area contributed by atoms with Gasteiger partial charge in [0, 0.05) is 7.05 Å². The quantitative estimate of drug-likeness (QED) is 0.427. The van der Waals surface area contributed by atoms with Gasteiger partial charge in [0.15, 0.2) is 0 Å². The lowest BCUT2D eigenvalue weighted by atomic mass is 10.0. The van der Waals surface area contributed by atoms with E-state index >= 15 is 0 Å². The molecule has 130 valence electrons. The Labute approximate surface area is 135 Å². The zero-order valence-electron chi connectivity index (χ0n) is 14.9. The van der Waals surface area contributed by atoms with E-state index in [0.717, 1.165) is 19.3 Å². The van der Waals surface area contributed by atoms with Gasteiger partial charge in [0.05, 0.1) is 13.2 Å². The lowest BCUT2D eigenvalue weighted by Gasteiger charge is -2.28. The van der Waals surface area contributed by atoms with Crippen molar-refractivity contribution < 1.29 is 19.1 Å². The van der Waals surface area contributed by atoms with Crippen LogP contribution in [0.2, 0.25) is 0 Å². The summed E-state index contributed by atoms with van der Waals surface area (Å²) in [6, 6.07) is -0.597. The summed E-state index contributed by atoms with van der Waals surface area (Å²) in [6.45, 7) is 8.68. The van der Waals surface area contributed by atoms with Crippen molar-refractivity contribution in [3.05, 3.63) is 0 Å². The standard InChI is InChI=1S/C17H33NO4/c1-6-8-9-10-11-13-21-16(19)15(14(3)4)18(5)17(20)22-12-7-2/h14-15H,6-13H2,1-5H3. The second-order valence-corrected chi connectivity index (χ2v) is 6.00. The molecule has 0 bridgehead atoms. The Morgan fingerprint density at radius 2 is 1.55 bits per heavy atom. The van der Waals surface area contributed by atoms with E-state index in [0.29, 0.717) is 13.2 Å². The van der Waals surface area contributed by atoms with Crippen LogP contribution in [0.5, 0.6) is 0 Å². The van der Waals surface area contributed by atoms with Gasteiger partial charge in [0.1, 0.15) is 6.04 Å². The number of carbonyl (C=O) groups is 2. The molecule has 0 N–H and O–H groups in total. The van der Waals surface area contributed by atoms with E-state index < -0.39 is 12.1 Å². The van der Waals surface area contributed by atoms with Crippen LogP contribution < -0.4 is 0 Å². The van der Waals surface area contributed by atoms with Gasteiger partial charge in [0.25, 0.3) is 0 Å². The minimum absolute atomic E-state index is 0.0215. The number of esters is 1. The first-order valence-electron chi connectivity index (χ1n) is 8.51. The molecule has 0 heterocycles. The molecule has 0 radical (unpaired) electrons. The van der Waals surface area contributed by atoms with Gasteiger partial charge in [-0.2, -0.15) is 0 Å². The molecule has 1 atom stereocenters. The van der Waals surface area contributed by atoms with E-state index in [4.69, 9.17) is 9.47 Å². The van der Waals surface area contributed by atoms with Crippen LogP contribution in [0.1, 0.15) is 66.2 Å². The average molecular weight is 315 g/mol. The monoisotopic (exact) mass is 315 g/mol. The molecule has 0 aliphatic rings. The third-order valence-electron chi connectivity index (χ3n) is 3.50. The molecule has 22 heavy (non-hydrogen) atoms. The van der Waals surface area contributed by atoms with E-state index in [2.05, 4.69) is 6.92 Å². The summed E-state index contributed by atoms with van der Waals surface area (Å²) in [6.07, 6.45) is 5.82. The molecule has 1 unspecified atom stereocenters. The Morgan fingerprint density at radius 1 is 0.909 bits per heavy atom. The van der Waals surface area contributed by atoms with Crippen molar-refractivity contribution >= 4 is 12.1 Å². The molecule has 0 aliphatic heterocycles. The highest BCUT2D eigenvalue weighted by Gasteiger charge is 2.31. The lowest BCUT2D eigenvalue weighted by molar-refractivity contribution is -0.150. The van der Waals surface area contributed by atoms with Gasteiger partial charge in [0.2, 0.25) is 0 Å². The van der Waals surface area contributed by atoms with Gasteiger partial charge in [-0.3, -0.25) is 4.90 Å². The van der Waals surface area contributed by atoms with Crippen LogP contribution in [0.4, 0.5) is 4.79 Å². The van der Waals surface area contributed by atoms with E-state index in [1.54, 1.807) is 7.05 Å².